The molecule has 1 aliphatic carbocycles. The van der Waals surface area contributed by atoms with Gasteiger partial charge in [0.25, 0.3) is 0 Å². The van der Waals surface area contributed by atoms with Crippen LogP contribution in [0.15, 0.2) is 48.5 Å². The topological polar surface area (TPSA) is 50.8 Å². The quantitative estimate of drug-likeness (QED) is 0.919. The first-order valence-corrected chi connectivity index (χ1v) is 9.06. The molecule has 5 nitrogen and oxygen atoms in total. The third kappa shape index (κ3) is 3.20. The van der Waals surface area contributed by atoms with Gasteiger partial charge in [0.05, 0.1) is 19.8 Å². The number of ether oxygens (including phenoxy) is 2. The summed E-state index contributed by atoms with van der Waals surface area (Å²) in [5, 5.41) is 3.00. The fourth-order valence-electron chi connectivity index (χ4n) is 3.98. The van der Waals surface area contributed by atoms with E-state index in [0.717, 1.165) is 24.1 Å². The molecule has 2 aromatic rings. The second-order valence-corrected chi connectivity index (χ2v) is 6.98. The number of fused-ring (bicyclic) bond motifs is 2. The molecule has 1 saturated heterocycles. The van der Waals surface area contributed by atoms with E-state index in [-0.39, 0.29) is 11.6 Å². The monoisotopic (exact) mass is 352 g/mol. The molecule has 2 aromatic carbocycles. The Morgan fingerprint density at radius 3 is 2.85 bits per heavy atom. The lowest BCUT2D eigenvalue weighted by Crippen LogP contribution is -2.52. The lowest BCUT2D eigenvalue weighted by Gasteiger charge is -2.41. The van der Waals surface area contributed by atoms with Crippen LogP contribution >= 0.6 is 0 Å². The van der Waals surface area contributed by atoms with Gasteiger partial charge in [-0.05, 0) is 41.7 Å². The highest BCUT2D eigenvalue weighted by molar-refractivity contribution is 5.89. The summed E-state index contributed by atoms with van der Waals surface area (Å²) in [5.74, 6) is 0. The van der Waals surface area contributed by atoms with E-state index in [1.807, 2.05) is 29.2 Å². The van der Waals surface area contributed by atoms with Gasteiger partial charge in [-0.15, -0.1) is 0 Å². The summed E-state index contributed by atoms with van der Waals surface area (Å²) in [5.41, 5.74) is 4.10. The molecule has 136 valence electrons. The normalized spacial score (nSPS) is 21.7. The molecule has 1 unspecified atom stereocenters. The van der Waals surface area contributed by atoms with Crippen LogP contribution in [0, 0.1) is 0 Å². The van der Waals surface area contributed by atoms with E-state index in [1.54, 1.807) is 7.11 Å². The van der Waals surface area contributed by atoms with Crippen molar-refractivity contribution in [1.82, 2.24) is 4.90 Å². The predicted octanol–water partition coefficient (Wildman–Crippen LogP) is 3.54. The number of morpholine rings is 1. The highest BCUT2D eigenvalue weighted by atomic mass is 16.5. The summed E-state index contributed by atoms with van der Waals surface area (Å²) >= 11 is 0. The molecule has 26 heavy (non-hydrogen) atoms. The average Bonchev–Trinajstić information content (AvgIpc) is 3.02. The molecule has 1 aliphatic heterocycles. The molecule has 0 bridgehead atoms. The van der Waals surface area contributed by atoms with Crippen LogP contribution < -0.4 is 5.32 Å². The van der Waals surface area contributed by atoms with E-state index in [2.05, 4.69) is 29.6 Å². The Balaban J connectivity index is 1.46. The fourth-order valence-corrected chi connectivity index (χ4v) is 3.98. The number of benzene rings is 2. The maximum atomic E-state index is 12.8. The first-order chi connectivity index (χ1) is 12.7. The Labute approximate surface area is 153 Å². The highest BCUT2D eigenvalue weighted by Crippen LogP contribution is 2.42. The zero-order chi connectivity index (χ0) is 18.0. The standard InChI is InChI=1S/C21H24N2O3/c1-25-14-16-6-8-18(9-7-16)22-20(24)23-12-13-26-21(15-23)11-10-17-4-2-3-5-19(17)21/h2-9H,10-15H2,1H3,(H,22,24). The lowest BCUT2D eigenvalue weighted by molar-refractivity contribution is -0.100. The summed E-state index contributed by atoms with van der Waals surface area (Å²) in [7, 11) is 1.67. The summed E-state index contributed by atoms with van der Waals surface area (Å²) in [4.78, 5) is 14.6. The molecule has 1 N–H and O–H groups in total. The van der Waals surface area contributed by atoms with E-state index < -0.39 is 0 Å². The number of carbonyl (C=O) groups excluding carboxylic acids is 1. The number of urea groups is 1. The van der Waals surface area contributed by atoms with E-state index >= 15 is 0 Å². The lowest BCUT2D eigenvalue weighted by atomic mass is 9.94. The number of aryl methyl sites for hydroxylation is 1. The summed E-state index contributed by atoms with van der Waals surface area (Å²) in [6, 6.07) is 16.1. The summed E-state index contributed by atoms with van der Waals surface area (Å²) in [6.45, 7) is 2.34. The molecule has 4 rings (SSSR count). The number of hydrogen-bond donors (Lipinski definition) is 1. The number of carbonyl (C=O) groups is 1. The van der Waals surface area contributed by atoms with Gasteiger partial charge in [0.2, 0.25) is 0 Å². The minimum atomic E-state index is -0.353. The first-order valence-electron chi connectivity index (χ1n) is 9.06. The zero-order valence-electron chi connectivity index (χ0n) is 15.0. The van der Waals surface area contributed by atoms with Crippen LogP contribution in [0.25, 0.3) is 0 Å². The largest absolute Gasteiger partial charge is 0.380 e. The second-order valence-electron chi connectivity index (χ2n) is 6.98. The van der Waals surface area contributed by atoms with Crippen molar-refractivity contribution in [1.29, 1.82) is 0 Å². The van der Waals surface area contributed by atoms with Crippen LogP contribution in [-0.4, -0.2) is 37.7 Å². The maximum Gasteiger partial charge on any atom is 0.322 e. The molecule has 0 saturated carbocycles. The van der Waals surface area contributed by atoms with Crippen LogP contribution in [-0.2, 0) is 28.1 Å². The number of amides is 2. The number of methoxy groups -OCH3 is 1. The van der Waals surface area contributed by atoms with E-state index in [1.165, 1.54) is 11.1 Å². The number of hydrogen-bond acceptors (Lipinski definition) is 3. The van der Waals surface area contributed by atoms with Crippen molar-refractivity contribution in [3.05, 3.63) is 65.2 Å². The molecule has 2 aliphatic rings. The molecular weight excluding hydrogens is 328 g/mol. The van der Waals surface area contributed by atoms with E-state index in [4.69, 9.17) is 9.47 Å². The van der Waals surface area contributed by atoms with Crippen LogP contribution in [0.1, 0.15) is 23.1 Å². The number of anilines is 1. The first kappa shape index (κ1) is 17.1. The summed E-state index contributed by atoms with van der Waals surface area (Å²) in [6.07, 6.45) is 1.94. The number of nitrogens with zero attached hydrogens (tertiary/aromatic N) is 1. The molecule has 0 radical (unpaired) electrons. The van der Waals surface area contributed by atoms with Crippen molar-refractivity contribution in [2.24, 2.45) is 0 Å². The molecule has 1 spiro atoms. The molecule has 5 heteroatoms. The van der Waals surface area contributed by atoms with Crippen molar-refractivity contribution >= 4 is 11.7 Å². The van der Waals surface area contributed by atoms with Gasteiger partial charge in [0.15, 0.2) is 0 Å². The Morgan fingerprint density at radius 2 is 2.04 bits per heavy atom. The van der Waals surface area contributed by atoms with Gasteiger partial charge < -0.3 is 19.7 Å². The van der Waals surface area contributed by atoms with Crippen molar-refractivity contribution < 1.29 is 14.3 Å². The summed E-state index contributed by atoms with van der Waals surface area (Å²) < 4.78 is 11.3. The molecule has 2 amide bonds. The minimum Gasteiger partial charge on any atom is -0.380 e. The molecular formula is C21H24N2O3. The SMILES string of the molecule is COCc1ccc(NC(=O)N2CCOC3(CCc4ccccc43)C2)cc1. The van der Waals surface area contributed by atoms with Gasteiger partial charge in [-0.25, -0.2) is 4.79 Å². The molecule has 1 fully saturated rings. The van der Waals surface area contributed by atoms with Gasteiger partial charge in [-0.1, -0.05) is 36.4 Å². The molecule has 0 aromatic heterocycles. The van der Waals surface area contributed by atoms with Crippen LogP contribution in [0.2, 0.25) is 0 Å². The average molecular weight is 352 g/mol. The maximum absolute atomic E-state index is 12.8. The molecule has 1 heterocycles. The van der Waals surface area contributed by atoms with E-state index in [9.17, 15) is 4.79 Å². The van der Waals surface area contributed by atoms with Crippen LogP contribution in [0.5, 0.6) is 0 Å². The second kappa shape index (κ2) is 7.09. The smallest absolute Gasteiger partial charge is 0.322 e. The number of nitrogens with one attached hydrogen (secondary N) is 1. The van der Waals surface area contributed by atoms with Crippen molar-refractivity contribution in [2.75, 3.05) is 32.1 Å². The fraction of sp³-hybridized carbons (Fsp3) is 0.381. The van der Waals surface area contributed by atoms with Crippen molar-refractivity contribution in [2.45, 2.75) is 25.0 Å². The minimum absolute atomic E-state index is 0.0726. The predicted molar refractivity (Wildman–Crippen MR) is 100 cm³/mol. The zero-order valence-corrected chi connectivity index (χ0v) is 15.0. The van der Waals surface area contributed by atoms with E-state index in [0.29, 0.717) is 26.3 Å². The third-order valence-electron chi connectivity index (χ3n) is 5.30. The van der Waals surface area contributed by atoms with Crippen LogP contribution in [0.3, 0.4) is 0 Å². The van der Waals surface area contributed by atoms with Gasteiger partial charge in [0.1, 0.15) is 5.60 Å². The highest BCUT2D eigenvalue weighted by Gasteiger charge is 2.44. The Morgan fingerprint density at radius 1 is 1.23 bits per heavy atom. The third-order valence-corrected chi connectivity index (χ3v) is 5.30. The van der Waals surface area contributed by atoms with Gasteiger partial charge in [0, 0.05) is 19.3 Å². The Bertz CT molecular complexity index is 786. The van der Waals surface area contributed by atoms with Crippen LogP contribution in [0.4, 0.5) is 10.5 Å². The van der Waals surface area contributed by atoms with Crippen molar-refractivity contribution in [3.8, 4) is 0 Å². The number of rotatable bonds is 3. The molecule has 1 atom stereocenters. The van der Waals surface area contributed by atoms with Gasteiger partial charge in [-0.3, -0.25) is 0 Å². The van der Waals surface area contributed by atoms with Gasteiger partial charge in [-0.2, -0.15) is 0 Å². The van der Waals surface area contributed by atoms with Crippen molar-refractivity contribution in [3.63, 3.8) is 0 Å². The van der Waals surface area contributed by atoms with Gasteiger partial charge >= 0.3 is 6.03 Å². The Kier molecular flexibility index (Phi) is 4.66. The Hall–Kier alpha value is -2.37.